The van der Waals surface area contributed by atoms with Gasteiger partial charge in [-0.1, -0.05) is 62.4 Å². The van der Waals surface area contributed by atoms with Crippen LogP contribution in [-0.2, 0) is 20.9 Å². The molecule has 1 aliphatic heterocycles. The van der Waals surface area contributed by atoms with Gasteiger partial charge in [0.15, 0.2) is 0 Å². The number of aliphatic hydroxyl groups is 1. The Morgan fingerprint density at radius 2 is 1.72 bits per heavy atom. The van der Waals surface area contributed by atoms with Gasteiger partial charge >= 0.3 is 12.1 Å². The summed E-state index contributed by atoms with van der Waals surface area (Å²) in [5, 5.41) is 10.8. The van der Waals surface area contributed by atoms with E-state index in [9.17, 15) is 14.7 Å². The minimum atomic E-state index is -0.680. The van der Waals surface area contributed by atoms with Gasteiger partial charge in [-0.15, -0.1) is 11.8 Å². The molecule has 0 unspecified atom stereocenters. The monoisotopic (exact) mass is 457 g/mol. The largest absolute Gasteiger partial charge is 0.469 e. The van der Waals surface area contributed by atoms with E-state index in [0.29, 0.717) is 0 Å². The van der Waals surface area contributed by atoms with Crippen LogP contribution in [0.5, 0.6) is 0 Å². The molecule has 3 rings (SSSR count). The Morgan fingerprint density at radius 3 is 2.31 bits per heavy atom. The average Bonchev–Trinajstić information content (AvgIpc) is 2.80. The van der Waals surface area contributed by atoms with Gasteiger partial charge in [-0.25, -0.2) is 4.79 Å². The number of carbonyl (C=O) groups excluding carboxylic acids is 2. The molecule has 0 aliphatic carbocycles. The van der Waals surface area contributed by atoms with Gasteiger partial charge in [0.1, 0.15) is 6.61 Å². The second-order valence-electron chi connectivity index (χ2n) is 8.31. The van der Waals surface area contributed by atoms with E-state index in [0.717, 1.165) is 10.5 Å². The lowest BCUT2D eigenvalue weighted by molar-refractivity contribution is -0.143. The Kier molecular flexibility index (Phi) is 8.59. The zero-order valence-electron chi connectivity index (χ0n) is 18.7. The highest BCUT2D eigenvalue weighted by atomic mass is 32.2. The number of carbonyl (C=O) groups is 2. The molecule has 2 aromatic rings. The fourth-order valence-corrected chi connectivity index (χ4v) is 5.66. The van der Waals surface area contributed by atoms with Crippen molar-refractivity contribution < 1.29 is 24.2 Å². The molecule has 1 amide bonds. The summed E-state index contributed by atoms with van der Waals surface area (Å²) in [5.74, 6) is -0.379. The van der Waals surface area contributed by atoms with Crippen LogP contribution in [0.3, 0.4) is 0 Å². The molecule has 172 valence electrons. The second kappa shape index (κ2) is 11.4. The quantitative estimate of drug-likeness (QED) is 0.617. The number of likely N-dealkylation sites (tertiary alicyclic amines) is 1. The number of amides is 1. The van der Waals surface area contributed by atoms with Crippen molar-refractivity contribution >= 4 is 23.8 Å². The van der Waals surface area contributed by atoms with Crippen molar-refractivity contribution in [1.82, 2.24) is 4.90 Å². The summed E-state index contributed by atoms with van der Waals surface area (Å²) in [4.78, 5) is 28.1. The van der Waals surface area contributed by atoms with Crippen molar-refractivity contribution in [2.45, 2.75) is 61.6 Å². The number of hydrogen-bond donors (Lipinski definition) is 1. The zero-order chi connectivity index (χ0) is 23.1. The molecule has 0 radical (unpaired) electrons. The third kappa shape index (κ3) is 6.04. The highest BCUT2D eigenvalue weighted by molar-refractivity contribution is 8.00. The summed E-state index contributed by atoms with van der Waals surface area (Å²) in [7, 11) is 1.33. The van der Waals surface area contributed by atoms with Crippen LogP contribution in [0, 0.1) is 5.92 Å². The fourth-order valence-electron chi connectivity index (χ4n) is 4.18. The molecule has 0 aromatic heterocycles. The number of thioether (sulfide) groups is 1. The Morgan fingerprint density at radius 1 is 1.09 bits per heavy atom. The molecule has 0 bridgehead atoms. The van der Waals surface area contributed by atoms with E-state index in [-0.39, 0.29) is 36.7 Å². The molecular formula is C25H31NO5S. The molecule has 1 fully saturated rings. The molecular weight excluding hydrogens is 426 g/mol. The highest BCUT2D eigenvalue weighted by Gasteiger charge is 2.47. The van der Waals surface area contributed by atoms with Gasteiger partial charge in [0.05, 0.1) is 30.9 Å². The topological polar surface area (TPSA) is 76.1 Å². The number of aliphatic hydroxyl groups excluding tert-OH is 1. The van der Waals surface area contributed by atoms with E-state index >= 15 is 0 Å². The first-order valence-electron chi connectivity index (χ1n) is 10.9. The van der Waals surface area contributed by atoms with Crippen LogP contribution < -0.4 is 0 Å². The van der Waals surface area contributed by atoms with E-state index in [4.69, 9.17) is 9.47 Å². The lowest BCUT2D eigenvalue weighted by Gasteiger charge is -2.49. The summed E-state index contributed by atoms with van der Waals surface area (Å²) in [6, 6.07) is 18.5. The maximum absolute atomic E-state index is 13.3. The molecule has 2 aromatic carbocycles. The third-order valence-corrected chi connectivity index (χ3v) is 7.10. The Bertz CT molecular complexity index is 876. The third-order valence-electron chi connectivity index (χ3n) is 5.69. The Labute approximate surface area is 193 Å². The molecule has 0 spiro atoms. The van der Waals surface area contributed by atoms with Gasteiger partial charge in [0, 0.05) is 10.9 Å². The first kappa shape index (κ1) is 24.1. The van der Waals surface area contributed by atoms with Crippen LogP contribution in [0.4, 0.5) is 4.79 Å². The van der Waals surface area contributed by atoms with Crippen molar-refractivity contribution in [2.75, 3.05) is 7.11 Å². The summed E-state index contributed by atoms with van der Waals surface area (Å²) < 4.78 is 10.5. The van der Waals surface area contributed by atoms with E-state index in [1.165, 1.54) is 7.11 Å². The molecule has 1 N–H and O–H groups in total. The molecule has 1 aliphatic rings. The summed E-state index contributed by atoms with van der Waals surface area (Å²) >= 11 is 1.56. The van der Waals surface area contributed by atoms with Crippen molar-refractivity contribution in [3.8, 4) is 0 Å². The molecule has 32 heavy (non-hydrogen) atoms. The molecule has 4 atom stereocenters. The van der Waals surface area contributed by atoms with Crippen LogP contribution >= 0.6 is 11.8 Å². The number of rotatable bonds is 7. The molecule has 7 heteroatoms. The minimum absolute atomic E-state index is 0.0138. The standard InChI is InChI=1S/C25H31NO5S/c1-17(2)23-24(32-20-12-8-5-9-13-20)21(27)14-19(15-22(28)30-3)26(23)25(29)31-16-18-10-6-4-7-11-18/h4-13,17,19,21,23-24,27H,14-16H2,1-3H3/t19-,21+,23-,24+/m0/s1. The maximum atomic E-state index is 13.3. The number of benzene rings is 2. The van der Waals surface area contributed by atoms with Gasteiger partial charge in [-0.3, -0.25) is 4.79 Å². The number of ether oxygens (including phenoxy) is 2. The number of hydrogen-bond acceptors (Lipinski definition) is 6. The Hall–Kier alpha value is -2.51. The minimum Gasteiger partial charge on any atom is -0.469 e. The first-order chi connectivity index (χ1) is 15.4. The number of nitrogens with zero attached hydrogens (tertiary/aromatic N) is 1. The summed E-state index contributed by atoms with van der Waals surface area (Å²) in [6.07, 6.45) is -0.865. The molecule has 1 heterocycles. The predicted molar refractivity (Wildman–Crippen MR) is 124 cm³/mol. The van der Waals surface area contributed by atoms with E-state index in [1.54, 1.807) is 16.7 Å². The van der Waals surface area contributed by atoms with Gasteiger partial charge in [-0.2, -0.15) is 0 Å². The Balaban J connectivity index is 1.87. The van der Waals surface area contributed by atoms with Gasteiger partial charge in [0.2, 0.25) is 0 Å². The average molecular weight is 458 g/mol. The SMILES string of the molecule is COC(=O)C[C@@H]1C[C@@H](O)[C@@H](Sc2ccccc2)[C@H](C(C)C)N1C(=O)OCc1ccccc1. The smallest absolute Gasteiger partial charge is 0.410 e. The van der Waals surface area contributed by atoms with E-state index in [1.807, 2.05) is 74.5 Å². The van der Waals surface area contributed by atoms with Crippen LogP contribution in [-0.4, -0.2) is 52.6 Å². The van der Waals surface area contributed by atoms with E-state index < -0.39 is 24.2 Å². The molecule has 1 saturated heterocycles. The van der Waals surface area contributed by atoms with Gasteiger partial charge in [0.25, 0.3) is 0 Å². The lowest BCUT2D eigenvalue weighted by atomic mass is 9.85. The highest BCUT2D eigenvalue weighted by Crippen LogP contribution is 2.40. The fraction of sp³-hybridized carbons (Fsp3) is 0.440. The second-order valence-corrected chi connectivity index (χ2v) is 9.57. The van der Waals surface area contributed by atoms with Crippen LogP contribution in [0.2, 0.25) is 0 Å². The van der Waals surface area contributed by atoms with Crippen LogP contribution in [0.25, 0.3) is 0 Å². The number of piperidine rings is 1. The van der Waals surface area contributed by atoms with E-state index in [2.05, 4.69) is 0 Å². The first-order valence-corrected chi connectivity index (χ1v) is 11.7. The number of methoxy groups -OCH3 is 1. The van der Waals surface area contributed by atoms with Crippen molar-refractivity contribution in [3.63, 3.8) is 0 Å². The molecule has 0 saturated carbocycles. The summed E-state index contributed by atoms with van der Waals surface area (Å²) in [6.45, 7) is 4.19. The van der Waals surface area contributed by atoms with Crippen LogP contribution in [0.15, 0.2) is 65.6 Å². The summed E-state index contributed by atoms with van der Waals surface area (Å²) in [5.41, 5.74) is 0.888. The van der Waals surface area contributed by atoms with Gasteiger partial charge < -0.3 is 19.5 Å². The number of esters is 1. The van der Waals surface area contributed by atoms with Crippen LogP contribution in [0.1, 0.15) is 32.3 Å². The zero-order valence-corrected chi connectivity index (χ0v) is 19.5. The van der Waals surface area contributed by atoms with Crippen molar-refractivity contribution in [3.05, 3.63) is 66.2 Å². The molecule has 6 nitrogen and oxygen atoms in total. The van der Waals surface area contributed by atoms with Gasteiger partial charge in [-0.05, 0) is 30.0 Å². The van der Waals surface area contributed by atoms with Crippen molar-refractivity contribution in [2.24, 2.45) is 5.92 Å². The lowest BCUT2D eigenvalue weighted by Crippen LogP contribution is -2.62. The predicted octanol–water partition coefficient (Wildman–Crippen LogP) is 4.51. The maximum Gasteiger partial charge on any atom is 0.410 e. The normalized spacial score (nSPS) is 23.1. The van der Waals surface area contributed by atoms with Crippen molar-refractivity contribution in [1.29, 1.82) is 0 Å².